The van der Waals surface area contributed by atoms with Crippen molar-refractivity contribution in [2.75, 3.05) is 6.61 Å². The third-order valence-corrected chi connectivity index (χ3v) is 3.11. The number of aromatic nitrogens is 2. The van der Waals surface area contributed by atoms with Crippen LogP contribution in [-0.2, 0) is 11.2 Å². The molecule has 4 nitrogen and oxygen atoms in total. The fourth-order valence-electron chi connectivity index (χ4n) is 2.39. The molecule has 0 saturated heterocycles. The van der Waals surface area contributed by atoms with Crippen molar-refractivity contribution in [2.45, 2.75) is 25.7 Å². The van der Waals surface area contributed by atoms with Gasteiger partial charge < -0.3 is 4.74 Å². The van der Waals surface area contributed by atoms with Crippen LogP contribution in [0.3, 0.4) is 0 Å². The van der Waals surface area contributed by atoms with E-state index in [4.69, 9.17) is 4.74 Å². The van der Waals surface area contributed by atoms with Gasteiger partial charge in [0, 0.05) is 11.3 Å². The second kappa shape index (κ2) is 2.59. The fourth-order valence-corrected chi connectivity index (χ4v) is 2.39. The molecule has 1 saturated carbocycles. The van der Waals surface area contributed by atoms with Crippen molar-refractivity contribution >= 4 is 5.97 Å². The number of fused-ring (bicyclic) bond motifs is 3. The lowest BCUT2D eigenvalue weighted by Gasteiger charge is -1.99. The lowest BCUT2D eigenvalue weighted by Crippen LogP contribution is -2.07. The number of hydrogen-bond acceptors (Lipinski definition) is 3. The molecule has 0 aromatic carbocycles. The van der Waals surface area contributed by atoms with E-state index in [1.165, 1.54) is 6.42 Å². The first-order valence-corrected chi connectivity index (χ1v) is 5.05. The fraction of sp³-hybridized carbons (Fsp3) is 0.600. The molecule has 0 amide bonds. The first-order valence-electron chi connectivity index (χ1n) is 5.05. The van der Waals surface area contributed by atoms with Crippen LogP contribution >= 0.6 is 0 Å². The zero-order chi connectivity index (χ0) is 9.71. The molecule has 14 heavy (non-hydrogen) atoms. The van der Waals surface area contributed by atoms with Gasteiger partial charge in [-0.15, -0.1) is 0 Å². The lowest BCUT2D eigenvalue weighted by atomic mass is 10.1. The number of carbonyl (C=O) groups excluding carboxylic acids is 1. The highest BCUT2D eigenvalue weighted by Gasteiger charge is 2.49. The molecular weight excluding hydrogens is 180 g/mol. The number of nitrogens with zero attached hydrogens (tertiary/aromatic N) is 1. The molecule has 74 valence electrons. The summed E-state index contributed by atoms with van der Waals surface area (Å²) in [4.78, 5) is 11.5. The van der Waals surface area contributed by atoms with Gasteiger partial charge in [-0.05, 0) is 31.6 Å². The van der Waals surface area contributed by atoms with E-state index in [-0.39, 0.29) is 5.97 Å². The molecule has 1 aromatic heterocycles. The van der Waals surface area contributed by atoms with Gasteiger partial charge in [0.1, 0.15) is 0 Å². The van der Waals surface area contributed by atoms with E-state index in [9.17, 15) is 4.79 Å². The normalized spacial score (nSPS) is 26.9. The summed E-state index contributed by atoms with van der Waals surface area (Å²) in [6, 6.07) is 0. The Kier molecular flexibility index (Phi) is 1.48. The van der Waals surface area contributed by atoms with Gasteiger partial charge in [0.2, 0.25) is 0 Å². The number of esters is 1. The van der Waals surface area contributed by atoms with Gasteiger partial charge in [-0.3, -0.25) is 5.10 Å². The number of hydrogen-bond donors (Lipinski definition) is 1. The molecule has 1 aromatic rings. The highest BCUT2D eigenvalue weighted by molar-refractivity contribution is 5.90. The van der Waals surface area contributed by atoms with Crippen molar-refractivity contribution in [3.8, 4) is 0 Å². The number of ether oxygens (including phenoxy) is 1. The molecule has 1 fully saturated rings. The van der Waals surface area contributed by atoms with Gasteiger partial charge in [0.05, 0.1) is 6.61 Å². The summed E-state index contributed by atoms with van der Waals surface area (Å²) >= 11 is 0. The maximum Gasteiger partial charge on any atom is 0.359 e. The predicted molar refractivity (Wildman–Crippen MR) is 49.1 cm³/mol. The number of nitrogens with one attached hydrogen (secondary N) is 1. The van der Waals surface area contributed by atoms with Crippen LogP contribution < -0.4 is 0 Å². The summed E-state index contributed by atoms with van der Waals surface area (Å²) in [6.07, 6.45) is 2.28. The minimum Gasteiger partial charge on any atom is -0.461 e. The Morgan fingerprint density at radius 3 is 3.36 bits per heavy atom. The van der Waals surface area contributed by atoms with E-state index in [1.807, 2.05) is 6.92 Å². The maximum absolute atomic E-state index is 11.5. The maximum atomic E-state index is 11.5. The van der Waals surface area contributed by atoms with E-state index in [1.54, 1.807) is 0 Å². The van der Waals surface area contributed by atoms with Gasteiger partial charge in [-0.1, -0.05) is 0 Å². The van der Waals surface area contributed by atoms with Gasteiger partial charge in [-0.2, -0.15) is 5.10 Å². The Balaban J connectivity index is 1.95. The molecule has 1 unspecified atom stereocenters. The highest BCUT2D eigenvalue weighted by atomic mass is 16.5. The average Bonchev–Trinajstić information content (AvgIpc) is 2.65. The SMILES string of the molecule is CCOC(=O)c1n[nH]c2c1[C@@H]1CC1C2. The lowest BCUT2D eigenvalue weighted by molar-refractivity contribution is 0.0518. The Morgan fingerprint density at radius 1 is 1.71 bits per heavy atom. The molecule has 0 spiro atoms. The zero-order valence-corrected chi connectivity index (χ0v) is 8.04. The third kappa shape index (κ3) is 0.937. The van der Waals surface area contributed by atoms with E-state index in [2.05, 4.69) is 10.2 Å². The Hall–Kier alpha value is -1.32. The summed E-state index contributed by atoms with van der Waals surface area (Å²) in [6.45, 7) is 2.22. The molecule has 4 heteroatoms. The van der Waals surface area contributed by atoms with Gasteiger partial charge in [0.15, 0.2) is 5.69 Å². The van der Waals surface area contributed by atoms with Crippen molar-refractivity contribution in [2.24, 2.45) is 5.92 Å². The molecule has 0 radical (unpaired) electrons. The third-order valence-electron chi connectivity index (χ3n) is 3.11. The molecule has 1 N–H and O–H groups in total. The van der Waals surface area contributed by atoms with Crippen LogP contribution in [0.25, 0.3) is 0 Å². The largest absolute Gasteiger partial charge is 0.461 e. The molecule has 0 aliphatic heterocycles. The van der Waals surface area contributed by atoms with Crippen molar-refractivity contribution in [1.29, 1.82) is 0 Å². The molecule has 3 rings (SSSR count). The van der Waals surface area contributed by atoms with Crippen LogP contribution in [0.5, 0.6) is 0 Å². The number of H-pyrrole nitrogens is 1. The van der Waals surface area contributed by atoms with E-state index < -0.39 is 0 Å². The van der Waals surface area contributed by atoms with Crippen LogP contribution in [-0.4, -0.2) is 22.8 Å². The first kappa shape index (κ1) is 8.03. The monoisotopic (exact) mass is 192 g/mol. The smallest absolute Gasteiger partial charge is 0.359 e. The topological polar surface area (TPSA) is 55.0 Å². The minimum absolute atomic E-state index is 0.280. The van der Waals surface area contributed by atoms with E-state index in [0.29, 0.717) is 18.2 Å². The summed E-state index contributed by atoms with van der Waals surface area (Å²) in [5.41, 5.74) is 2.80. The molecule has 2 atom stereocenters. The number of aromatic amines is 1. The van der Waals surface area contributed by atoms with Crippen LogP contribution in [0.2, 0.25) is 0 Å². The van der Waals surface area contributed by atoms with Crippen LogP contribution in [0.1, 0.15) is 41.0 Å². The minimum atomic E-state index is -0.280. The quantitative estimate of drug-likeness (QED) is 0.717. The van der Waals surface area contributed by atoms with Crippen LogP contribution in [0.4, 0.5) is 0 Å². The summed E-state index contributed by atoms with van der Waals surface area (Å²) in [5, 5.41) is 6.97. The summed E-state index contributed by atoms with van der Waals surface area (Å²) < 4.78 is 4.96. The number of rotatable bonds is 2. The van der Waals surface area contributed by atoms with Crippen LogP contribution in [0.15, 0.2) is 0 Å². The first-order chi connectivity index (χ1) is 6.81. The Bertz CT molecular complexity index is 397. The van der Waals surface area contributed by atoms with Crippen LogP contribution in [0, 0.1) is 5.92 Å². The van der Waals surface area contributed by atoms with E-state index in [0.717, 1.165) is 23.6 Å². The molecule has 2 aliphatic carbocycles. The summed E-state index contributed by atoms with van der Waals surface area (Å²) in [7, 11) is 0. The van der Waals surface area contributed by atoms with Gasteiger partial charge in [0.25, 0.3) is 0 Å². The molecular formula is C10H12N2O2. The molecule has 0 bridgehead atoms. The van der Waals surface area contributed by atoms with Crippen molar-refractivity contribution in [1.82, 2.24) is 10.2 Å². The van der Waals surface area contributed by atoms with Gasteiger partial charge >= 0.3 is 5.97 Å². The Morgan fingerprint density at radius 2 is 2.57 bits per heavy atom. The van der Waals surface area contributed by atoms with Crippen molar-refractivity contribution < 1.29 is 9.53 Å². The van der Waals surface area contributed by atoms with Crippen molar-refractivity contribution in [3.63, 3.8) is 0 Å². The van der Waals surface area contributed by atoms with E-state index >= 15 is 0 Å². The standard InChI is InChI=1S/C10H12N2O2/c1-2-14-10(13)9-8-6-3-5(6)4-7(8)11-12-9/h5-6H,2-4H2,1H3,(H,11,12)/t5?,6-/m1/s1. The predicted octanol–water partition coefficient (Wildman–Crippen LogP) is 1.25. The Labute approximate surface area is 81.6 Å². The number of carbonyl (C=O) groups is 1. The average molecular weight is 192 g/mol. The van der Waals surface area contributed by atoms with Crippen molar-refractivity contribution in [3.05, 3.63) is 17.0 Å². The summed E-state index contributed by atoms with van der Waals surface area (Å²) in [5.74, 6) is 1.08. The second-order valence-corrected chi connectivity index (χ2v) is 3.99. The second-order valence-electron chi connectivity index (χ2n) is 3.99. The molecule has 2 aliphatic rings. The highest BCUT2D eigenvalue weighted by Crippen LogP contribution is 2.56. The molecule has 1 heterocycles. The zero-order valence-electron chi connectivity index (χ0n) is 8.04. The van der Waals surface area contributed by atoms with Gasteiger partial charge in [-0.25, -0.2) is 4.79 Å².